The van der Waals surface area contributed by atoms with E-state index in [4.69, 9.17) is 11.0 Å². The van der Waals surface area contributed by atoms with Gasteiger partial charge in [0.05, 0.1) is 5.56 Å². The van der Waals surface area contributed by atoms with Crippen LogP contribution in [-0.4, -0.2) is 9.91 Å². The van der Waals surface area contributed by atoms with Gasteiger partial charge in [-0.25, -0.2) is 8.78 Å². The fraction of sp³-hybridized carbons (Fsp3) is 0.250. The number of rotatable bonds is 3. The van der Waals surface area contributed by atoms with Crippen LogP contribution in [0.2, 0.25) is 0 Å². The minimum Gasteiger partial charge on any atom is -0.358 e. The molecule has 0 aliphatic carbocycles. The van der Waals surface area contributed by atoms with Gasteiger partial charge in [0.25, 0.3) is 12.1 Å². The van der Waals surface area contributed by atoms with Gasteiger partial charge in [0.2, 0.25) is 0 Å². The molecule has 0 unspecified atom stereocenters. The van der Waals surface area contributed by atoms with Gasteiger partial charge in [-0.3, -0.25) is 0 Å². The van der Waals surface area contributed by atoms with Gasteiger partial charge in [-0.05, 0) is 15.5 Å². The first-order valence-corrected chi connectivity index (χ1v) is 4.07. The summed E-state index contributed by atoms with van der Waals surface area (Å²) in [5.74, 6) is -0.665. The second-order valence-corrected chi connectivity index (χ2v) is 2.78. The van der Waals surface area contributed by atoms with Crippen molar-refractivity contribution in [1.29, 1.82) is 5.26 Å². The highest BCUT2D eigenvalue weighted by atomic mass is 19.3. The van der Waals surface area contributed by atoms with Crippen LogP contribution in [0.25, 0.3) is 0 Å². The number of nitrogens with two attached hydrogens (primary N) is 1. The molecule has 2 N–H and O–H groups in total. The maximum Gasteiger partial charge on any atom is 0.365 e. The van der Waals surface area contributed by atoms with Crippen molar-refractivity contribution < 1.29 is 13.7 Å². The van der Waals surface area contributed by atoms with Gasteiger partial charge in [-0.15, -0.1) is 0 Å². The number of nitriles is 1. The van der Waals surface area contributed by atoms with Crippen LogP contribution in [0.1, 0.15) is 23.2 Å². The molecule has 0 spiro atoms. The van der Waals surface area contributed by atoms with Crippen molar-refractivity contribution in [3.8, 4) is 6.07 Å². The second-order valence-electron chi connectivity index (χ2n) is 2.78. The van der Waals surface area contributed by atoms with Gasteiger partial charge < -0.3 is 15.8 Å². The number of nitrogens with zero attached hydrogens (tertiary/aromatic N) is 3. The minimum absolute atomic E-state index is 0.145. The zero-order valence-electron chi connectivity index (χ0n) is 7.85. The average molecular weight is 228 g/mol. The Labute approximate surface area is 88.5 Å². The van der Waals surface area contributed by atoms with Crippen LogP contribution >= 0.6 is 0 Å². The summed E-state index contributed by atoms with van der Waals surface area (Å²) in [5.41, 5.74) is 3.74. The predicted octanol–water partition coefficient (Wildman–Crippen LogP) is 1.26. The summed E-state index contributed by atoms with van der Waals surface area (Å²) < 4.78 is 25.2. The maximum absolute atomic E-state index is 12.6. The fourth-order valence-electron chi connectivity index (χ4n) is 1.18. The molecular weight excluding hydrogens is 222 g/mol. The fourth-order valence-corrected chi connectivity index (χ4v) is 1.18. The first-order valence-electron chi connectivity index (χ1n) is 4.07. The lowest BCUT2D eigenvalue weighted by atomic mass is 10.1. The average Bonchev–Trinajstić information content (AvgIpc) is 2.26. The summed E-state index contributed by atoms with van der Waals surface area (Å²) in [6.45, 7) is -0.322. The second kappa shape index (κ2) is 4.59. The van der Waals surface area contributed by atoms with E-state index in [1.165, 1.54) is 6.07 Å². The smallest absolute Gasteiger partial charge is 0.358 e. The molecule has 1 aromatic rings. The Hall–Kier alpha value is -2.14. The highest BCUT2D eigenvalue weighted by Gasteiger charge is 2.25. The molecule has 0 radical (unpaired) electrons. The Bertz CT molecular complexity index is 470. The van der Waals surface area contributed by atoms with Gasteiger partial charge in [0.15, 0.2) is 0 Å². The third kappa shape index (κ3) is 2.09. The molecule has 6 nitrogen and oxygen atoms in total. The van der Waals surface area contributed by atoms with Crippen molar-refractivity contribution >= 4 is 5.82 Å². The van der Waals surface area contributed by atoms with Crippen LogP contribution in [0.3, 0.4) is 0 Å². The SMILES string of the molecule is N#Cc1nc([N+](=O)[O-])cc(CN)c1C(F)F. The molecule has 0 saturated carbocycles. The van der Waals surface area contributed by atoms with E-state index in [1.54, 1.807) is 0 Å². The topological polar surface area (TPSA) is 106 Å². The van der Waals surface area contributed by atoms with Crippen LogP contribution in [0.15, 0.2) is 6.07 Å². The first kappa shape index (κ1) is 11.9. The molecule has 0 atom stereocenters. The molecular formula is C8H6F2N4O2. The van der Waals surface area contributed by atoms with Crippen LogP contribution in [0.5, 0.6) is 0 Å². The zero-order chi connectivity index (χ0) is 12.3. The van der Waals surface area contributed by atoms with Crippen molar-refractivity contribution in [1.82, 2.24) is 4.98 Å². The summed E-state index contributed by atoms with van der Waals surface area (Å²) >= 11 is 0. The van der Waals surface area contributed by atoms with Crippen LogP contribution in [-0.2, 0) is 6.54 Å². The van der Waals surface area contributed by atoms with E-state index in [1.807, 2.05) is 0 Å². The molecule has 0 aliphatic rings. The molecule has 1 aromatic heterocycles. The van der Waals surface area contributed by atoms with Gasteiger partial charge in [-0.2, -0.15) is 5.26 Å². The molecule has 0 bridgehead atoms. The Kier molecular flexibility index (Phi) is 3.42. The van der Waals surface area contributed by atoms with E-state index < -0.39 is 28.4 Å². The Balaban J connectivity index is 3.51. The van der Waals surface area contributed by atoms with Crippen molar-refractivity contribution in [2.24, 2.45) is 5.73 Å². The summed E-state index contributed by atoms with van der Waals surface area (Å²) in [7, 11) is 0. The van der Waals surface area contributed by atoms with E-state index in [0.717, 1.165) is 6.07 Å². The summed E-state index contributed by atoms with van der Waals surface area (Å²) in [5, 5.41) is 19.0. The molecule has 84 valence electrons. The summed E-state index contributed by atoms with van der Waals surface area (Å²) in [4.78, 5) is 12.8. The molecule has 8 heteroatoms. The molecule has 0 fully saturated rings. The van der Waals surface area contributed by atoms with Crippen LogP contribution < -0.4 is 5.73 Å². The third-order valence-corrected chi connectivity index (χ3v) is 1.86. The monoisotopic (exact) mass is 228 g/mol. The van der Waals surface area contributed by atoms with E-state index in [9.17, 15) is 18.9 Å². The minimum atomic E-state index is -2.94. The van der Waals surface area contributed by atoms with Crippen molar-refractivity contribution in [3.63, 3.8) is 0 Å². The van der Waals surface area contributed by atoms with Crippen LogP contribution in [0, 0.1) is 21.4 Å². The Morgan fingerprint density at radius 1 is 1.69 bits per heavy atom. The number of halogens is 2. The highest BCUT2D eigenvalue weighted by molar-refractivity contribution is 5.43. The number of pyridine rings is 1. The quantitative estimate of drug-likeness (QED) is 0.619. The summed E-state index contributed by atoms with van der Waals surface area (Å²) in [6, 6.07) is 2.25. The molecule has 16 heavy (non-hydrogen) atoms. The largest absolute Gasteiger partial charge is 0.365 e. The van der Waals surface area contributed by atoms with Crippen molar-refractivity contribution in [2.75, 3.05) is 0 Å². The van der Waals surface area contributed by atoms with Gasteiger partial charge >= 0.3 is 5.82 Å². The highest BCUT2D eigenvalue weighted by Crippen LogP contribution is 2.27. The maximum atomic E-state index is 12.6. The molecule has 0 amide bonds. The predicted molar refractivity (Wildman–Crippen MR) is 48.5 cm³/mol. The molecule has 1 heterocycles. The summed E-state index contributed by atoms with van der Waals surface area (Å²) in [6.07, 6.45) is -2.94. The van der Waals surface area contributed by atoms with Gasteiger partial charge in [-0.1, -0.05) is 0 Å². The van der Waals surface area contributed by atoms with Gasteiger partial charge in [0, 0.05) is 12.6 Å². The zero-order valence-corrected chi connectivity index (χ0v) is 7.85. The number of alkyl halides is 2. The lowest BCUT2D eigenvalue weighted by molar-refractivity contribution is -0.389. The number of hydrogen-bond donors (Lipinski definition) is 1. The van der Waals surface area contributed by atoms with E-state index in [-0.39, 0.29) is 12.1 Å². The third-order valence-electron chi connectivity index (χ3n) is 1.86. The van der Waals surface area contributed by atoms with Crippen molar-refractivity contribution in [2.45, 2.75) is 13.0 Å². The first-order chi connectivity index (χ1) is 7.51. The number of aromatic nitrogens is 1. The number of nitro groups is 1. The van der Waals surface area contributed by atoms with E-state index >= 15 is 0 Å². The van der Waals surface area contributed by atoms with E-state index in [0.29, 0.717) is 0 Å². The normalized spacial score (nSPS) is 10.2. The Morgan fingerprint density at radius 3 is 2.69 bits per heavy atom. The van der Waals surface area contributed by atoms with Crippen LogP contribution in [0.4, 0.5) is 14.6 Å². The van der Waals surface area contributed by atoms with Gasteiger partial charge in [0.1, 0.15) is 6.07 Å². The lowest BCUT2D eigenvalue weighted by Gasteiger charge is -2.05. The number of hydrogen-bond acceptors (Lipinski definition) is 5. The standard InChI is InChI=1S/C8H6F2N4O2/c9-8(10)7-4(2-11)1-6(14(15)16)13-5(7)3-12/h1,8H,2,11H2. The van der Waals surface area contributed by atoms with E-state index in [2.05, 4.69) is 4.98 Å². The Morgan fingerprint density at radius 2 is 2.31 bits per heavy atom. The molecule has 0 aliphatic heterocycles. The molecule has 1 rings (SSSR count). The lowest BCUT2D eigenvalue weighted by Crippen LogP contribution is -2.08. The molecule has 0 aromatic carbocycles. The van der Waals surface area contributed by atoms with Crippen molar-refractivity contribution in [3.05, 3.63) is 33.0 Å². The molecule has 0 saturated heterocycles.